The molecule has 1 N–H and O–H groups in total. The molecule has 0 amide bonds. The second-order valence-electron chi connectivity index (χ2n) is 2.59. The van der Waals surface area contributed by atoms with E-state index in [-0.39, 0.29) is 13.3 Å². The van der Waals surface area contributed by atoms with Gasteiger partial charge in [-0.25, -0.2) is 4.39 Å². The molecule has 1 rings (SSSR count). The number of piperazine rings is 1. The van der Waals surface area contributed by atoms with Crippen molar-refractivity contribution in [1.82, 2.24) is 10.2 Å². The predicted molar refractivity (Wildman–Crippen MR) is 41.2 cm³/mol. The lowest BCUT2D eigenvalue weighted by molar-refractivity contribution is 0.0170. The van der Waals surface area contributed by atoms with Crippen molar-refractivity contribution in [2.24, 2.45) is 0 Å². The van der Waals surface area contributed by atoms with Gasteiger partial charge in [0.25, 0.3) is 0 Å². The van der Waals surface area contributed by atoms with E-state index in [9.17, 15) is 4.39 Å². The van der Waals surface area contributed by atoms with Crippen LogP contribution in [0.25, 0.3) is 0 Å². The molecular formula is C7H15FN2O. The molecule has 1 aliphatic heterocycles. The summed E-state index contributed by atoms with van der Waals surface area (Å²) >= 11 is 0. The molecule has 0 aromatic heterocycles. The monoisotopic (exact) mass is 162 g/mol. The molecular weight excluding hydrogens is 147 g/mol. The van der Waals surface area contributed by atoms with Crippen LogP contribution < -0.4 is 5.32 Å². The number of halogens is 1. The fraction of sp³-hybridized carbons (Fsp3) is 1.00. The first-order valence-electron chi connectivity index (χ1n) is 4.00. The molecule has 0 radical (unpaired) electrons. The third kappa shape index (κ3) is 3.65. The SMILES string of the molecule is FCCOCN1CCNCC1. The highest BCUT2D eigenvalue weighted by atomic mass is 19.1. The van der Waals surface area contributed by atoms with Crippen molar-refractivity contribution in [2.75, 3.05) is 46.2 Å². The van der Waals surface area contributed by atoms with Gasteiger partial charge in [-0.15, -0.1) is 0 Å². The Morgan fingerprint density at radius 3 is 2.73 bits per heavy atom. The van der Waals surface area contributed by atoms with E-state index in [1.54, 1.807) is 0 Å². The van der Waals surface area contributed by atoms with Gasteiger partial charge in [0.05, 0.1) is 13.3 Å². The van der Waals surface area contributed by atoms with Gasteiger partial charge in [-0.2, -0.15) is 0 Å². The minimum Gasteiger partial charge on any atom is -0.363 e. The zero-order valence-corrected chi connectivity index (χ0v) is 6.68. The lowest BCUT2D eigenvalue weighted by Gasteiger charge is -2.26. The largest absolute Gasteiger partial charge is 0.363 e. The fourth-order valence-corrected chi connectivity index (χ4v) is 1.09. The molecule has 0 spiro atoms. The average molecular weight is 162 g/mol. The highest BCUT2D eigenvalue weighted by Crippen LogP contribution is 1.91. The van der Waals surface area contributed by atoms with Crippen molar-refractivity contribution in [3.8, 4) is 0 Å². The van der Waals surface area contributed by atoms with Crippen molar-refractivity contribution in [3.05, 3.63) is 0 Å². The van der Waals surface area contributed by atoms with Crippen molar-refractivity contribution in [1.29, 1.82) is 0 Å². The van der Waals surface area contributed by atoms with Crippen LogP contribution >= 0.6 is 0 Å². The van der Waals surface area contributed by atoms with Gasteiger partial charge in [-0.05, 0) is 0 Å². The van der Waals surface area contributed by atoms with Crippen LogP contribution in [0.3, 0.4) is 0 Å². The zero-order chi connectivity index (χ0) is 7.94. The number of alkyl halides is 1. The van der Waals surface area contributed by atoms with E-state index in [2.05, 4.69) is 10.2 Å². The van der Waals surface area contributed by atoms with Gasteiger partial charge < -0.3 is 10.1 Å². The van der Waals surface area contributed by atoms with Gasteiger partial charge in [-0.1, -0.05) is 0 Å². The van der Waals surface area contributed by atoms with Crippen molar-refractivity contribution >= 4 is 0 Å². The molecule has 0 unspecified atom stereocenters. The maximum Gasteiger partial charge on any atom is 0.113 e. The molecule has 0 aromatic carbocycles. The average Bonchev–Trinajstić information content (AvgIpc) is 2.07. The Morgan fingerprint density at radius 2 is 2.09 bits per heavy atom. The van der Waals surface area contributed by atoms with Gasteiger partial charge >= 0.3 is 0 Å². The van der Waals surface area contributed by atoms with Gasteiger partial charge in [0.1, 0.15) is 6.67 Å². The summed E-state index contributed by atoms with van der Waals surface area (Å²) in [6, 6.07) is 0. The van der Waals surface area contributed by atoms with Crippen LogP contribution in [0.4, 0.5) is 4.39 Å². The van der Waals surface area contributed by atoms with Crippen LogP contribution in [0.15, 0.2) is 0 Å². The first-order valence-corrected chi connectivity index (χ1v) is 4.00. The Kier molecular flexibility index (Phi) is 4.42. The Morgan fingerprint density at radius 1 is 1.36 bits per heavy atom. The highest BCUT2D eigenvalue weighted by molar-refractivity contribution is 4.64. The minimum absolute atomic E-state index is 0.226. The van der Waals surface area contributed by atoms with E-state index >= 15 is 0 Å². The van der Waals surface area contributed by atoms with E-state index in [0.717, 1.165) is 26.2 Å². The smallest absolute Gasteiger partial charge is 0.113 e. The van der Waals surface area contributed by atoms with Crippen molar-refractivity contribution in [2.45, 2.75) is 0 Å². The predicted octanol–water partition coefficient (Wildman–Crippen LogP) is -0.165. The topological polar surface area (TPSA) is 24.5 Å². The van der Waals surface area contributed by atoms with Gasteiger partial charge in [-0.3, -0.25) is 4.90 Å². The molecule has 0 atom stereocenters. The Balaban J connectivity index is 1.96. The normalized spacial score (nSPS) is 20.5. The summed E-state index contributed by atoms with van der Waals surface area (Å²) in [6.07, 6.45) is 0. The van der Waals surface area contributed by atoms with Crippen LogP contribution in [-0.4, -0.2) is 51.1 Å². The number of rotatable bonds is 4. The standard InChI is InChI=1S/C7H15FN2O/c8-1-6-11-7-10-4-2-9-3-5-10/h9H,1-7H2. The van der Waals surface area contributed by atoms with Crippen LogP contribution in [0.1, 0.15) is 0 Å². The molecule has 11 heavy (non-hydrogen) atoms. The first-order chi connectivity index (χ1) is 5.43. The third-order valence-corrected chi connectivity index (χ3v) is 1.70. The summed E-state index contributed by atoms with van der Waals surface area (Å²) in [6.45, 7) is 4.46. The molecule has 1 heterocycles. The second-order valence-corrected chi connectivity index (χ2v) is 2.59. The maximum absolute atomic E-state index is 11.6. The molecule has 3 nitrogen and oxygen atoms in total. The Hall–Kier alpha value is -0.190. The summed E-state index contributed by atoms with van der Waals surface area (Å²) in [4.78, 5) is 2.17. The molecule has 1 aliphatic rings. The maximum atomic E-state index is 11.6. The quantitative estimate of drug-likeness (QED) is 0.581. The number of hydrogen-bond donors (Lipinski definition) is 1. The van der Waals surface area contributed by atoms with E-state index in [1.165, 1.54) is 0 Å². The summed E-state index contributed by atoms with van der Waals surface area (Å²) in [5, 5.41) is 3.23. The molecule has 0 aromatic rings. The van der Waals surface area contributed by atoms with E-state index in [4.69, 9.17) is 4.74 Å². The van der Waals surface area contributed by atoms with Crippen LogP contribution in [-0.2, 0) is 4.74 Å². The van der Waals surface area contributed by atoms with Crippen molar-refractivity contribution < 1.29 is 9.13 Å². The molecule has 66 valence electrons. The van der Waals surface area contributed by atoms with E-state index in [0.29, 0.717) is 6.73 Å². The lowest BCUT2D eigenvalue weighted by atomic mass is 10.4. The highest BCUT2D eigenvalue weighted by Gasteiger charge is 2.07. The summed E-state index contributed by atoms with van der Waals surface area (Å²) < 4.78 is 16.6. The van der Waals surface area contributed by atoms with Gasteiger partial charge in [0, 0.05) is 26.2 Å². The molecule has 0 saturated carbocycles. The molecule has 0 bridgehead atoms. The Labute approximate surface area is 66.5 Å². The van der Waals surface area contributed by atoms with Gasteiger partial charge in [0.15, 0.2) is 0 Å². The second kappa shape index (κ2) is 5.46. The van der Waals surface area contributed by atoms with Crippen molar-refractivity contribution in [3.63, 3.8) is 0 Å². The number of hydrogen-bond acceptors (Lipinski definition) is 3. The van der Waals surface area contributed by atoms with E-state index < -0.39 is 0 Å². The minimum atomic E-state index is -0.383. The molecule has 0 aliphatic carbocycles. The van der Waals surface area contributed by atoms with Crippen LogP contribution in [0.2, 0.25) is 0 Å². The third-order valence-electron chi connectivity index (χ3n) is 1.70. The van der Waals surface area contributed by atoms with Gasteiger partial charge in [0.2, 0.25) is 0 Å². The summed E-state index contributed by atoms with van der Waals surface area (Å²) in [5.74, 6) is 0. The first kappa shape index (κ1) is 8.90. The molecule has 1 saturated heterocycles. The molecule has 4 heteroatoms. The fourth-order valence-electron chi connectivity index (χ4n) is 1.09. The van der Waals surface area contributed by atoms with Crippen LogP contribution in [0.5, 0.6) is 0 Å². The summed E-state index contributed by atoms with van der Waals surface area (Å²) in [7, 11) is 0. The lowest BCUT2D eigenvalue weighted by Crippen LogP contribution is -2.44. The zero-order valence-electron chi connectivity index (χ0n) is 6.68. The van der Waals surface area contributed by atoms with Crippen LogP contribution in [0, 0.1) is 0 Å². The molecule has 1 fully saturated rings. The number of nitrogens with one attached hydrogen (secondary N) is 1. The Bertz CT molecular complexity index is 96.4. The summed E-state index contributed by atoms with van der Waals surface area (Å²) in [5.41, 5.74) is 0. The van der Waals surface area contributed by atoms with E-state index in [1.807, 2.05) is 0 Å². The number of ether oxygens (including phenoxy) is 1. The number of nitrogens with zero attached hydrogens (tertiary/aromatic N) is 1.